The Kier molecular flexibility index (Phi) is 4.76. The monoisotopic (exact) mass is 314 g/mol. The van der Waals surface area contributed by atoms with Crippen LogP contribution in [-0.4, -0.2) is 63.6 Å². The number of carboxylic acid groups (broad SMARTS) is 1. The summed E-state index contributed by atoms with van der Waals surface area (Å²) < 4.78 is 0. The van der Waals surface area contributed by atoms with Crippen molar-refractivity contribution < 1.29 is 14.7 Å². The molecule has 0 aromatic heterocycles. The molecule has 2 aliphatic heterocycles. The molecule has 2 aliphatic rings. The number of likely N-dealkylation sites (tertiary alicyclic amines) is 1. The van der Waals surface area contributed by atoms with Crippen LogP contribution in [0.15, 0.2) is 0 Å². The van der Waals surface area contributed by atoms with Gasteiger partial charge in [-0.05, 0) is 12.3 Å². The highest BCUT2D eigenvalue weighted by atomic mass is 32.2. The van der Waals surface area contributed by atoms with Crippen LogP contribution in [0, 0.1) is 11.3 Å². The molecular weight excluding hydrogens is 288 g/mol. The van der Waals surface area contributed by atoms with E-state index in [2.05, 4.69) is 13.8 Å². The van der Waals surface area contributed by atoms with E-state index in [9.17, 15) is 14.7 Å². The normalized spacial score (nSPS) is 33.6. The molecule has 0 aromatic carbocycles. The van der Waals surface area contributed by atoms with Crippen LogP contribution in [0.5, 0.6) is 0 Å². The van der Waals surface area contributed by atoms with E-state index in [0.717, 1.165) is 13.1 Å². The van der Waals surface area contributed by atoms with Crippen LogP contribution in [0.2, 0.25) is 0 Å². The Morgan fingerprint density at radius 1 is 1.19 bits per heavy atom. The lowest BCUT2D eigenvalue weighted by Gasteiger charge is -2.37. The van der Waals surface area contributed by atoms with Crippen molar-refractivity contribution >= 4 is 23.8 Å². The van der Waals surface area contributed by atoms with Gasteiger partial charge in [-0.15, -0.1) is 0 Å². The van der Waals surface area contributed by atoms with E-state index in [4.69, 9.17) is 0 Å². The van der Waals surface area contributed by atoms with Crippen LogP contribution in [0.4, 0.5) is 4.79 Å². The number of hydrogen-bond acceptors (Lipinski definition) is 3. The highest BCUT2D eigenvalue weighted by Crippen LogP contribution is 2.39. The maximum Gasteiger partial charge on any atom is 0.320 e. The Morgan fingerprint density at radius 3 is 2.19 bits per heavy atom. The number of hydrogen-bond donors (Lipinski definition) is 1. The Labute approximate surface area is 131 Å². The minimum atomic E-state index is -0.780. The van der Waals surface area contributed by atoms with Crippen molar-refractivity contribution in [2.24, 2.45) is 11.3 Å². The van der Waals surface area contributed by atoms with E-state index >= 15 is 0 Å². The Balaban J connectivity index is 2.06. The molecule has 2 heterocycles. The second kappa shape index (κ2) is 6.07. The highest BCUT2D eigenvalue weighted by Gasteiger charge is 2.49. The molecule has 2 amide bonds. The molecule has 0 aliphatic carbocycles. The number of amides is 2. The summed E-state index contributed by atoms with van der Waals surface area (Å²) in [4.78, 5) is 28.0. The largest absolute Gasteiger partial charge is 0.481 e. The molecule has 0 radical (unpaired) electrons. The maximum atomic E-state index is 12.7. The first kappa shape index (κ1) is 16.5. The van der Waals surface area contributed by atoms with Crippen molar-refractivity contribution in [3.63, 3.8) is 0 Å². The number of aliphatic carboxylic acids is 1. The van der Waals surface area contributed by atoms with Gasteiger partial charge in [0.1, 0.15) is 0 Å². The van der Waals surface area contributed by atoms with Crippen LogP contribution in [0.1, 0.15) is 34.1 Å². The predicted molar refractivity (Wildman–Crippen MR) is 84.6 cm³/mol. The molecule has 0 aromatic rings. The maximum absolute atomic E-state index is 12.7. The second-order valence-corrected chi connectivity index (χ2v) is 8.61. The zero-order valence-electron chi connectivity index (χ0n) is 13.3. The summed E-state index contributed by atoms with van der Waals surface area (Å²) in [7, 11) is 0. The predicted octanol–water partition coefficient (Wildman–Crippen LogP) is 2.36. The van der Waals surface area contributed by atoms with Gasteiger partial charge in [-0.25, -0.2) is 4.79 Å². The quantitative estimate of drug-likeness (QED) is 0.850. The summed E-state index contributed by atoms with van der Waals surface area (Å²) in [5.41, 5.74) is -0.780. The molecule has 3 atom stereocenters. The van der Waals surface area contributed by atoms with E-state index in [1.807, 2.05) is 30.5 Å². The van der Waals surface area contributed by atoms with Crippen LogP contribution in [-0.2, 0) is 4.79 Å². The third-order valence-electron chi connectivity index (χ3n) is 4.79. The van der Waals surface area contributed by atoms with Crippen molar-refractivity contribution in [2.45, 2.75) is 44.6 Å². The molecular formula is C15H26N2O3S. The van der Waals surface area contributed by atoms with Gasteiger partial charge in [0.05, 0.1) is 5.41 Å². The number of carbonyl (C=O) groups is 2. The average molecular weight is 314 g/mol. The number of rotatable bonds is 2. The molecule has 1 N–H and O–H groups in total. The lowest BCUT2D eigenvalue weighted by Crippen LogP contribution is -2.50. The minimum absolute atomic E-state index is 0.0118. The van der Waals surface area contributed by atoms with Gasteiger partial charge in [-0.3, -0.25) is 4.79 Å². The van der Waals surface area contributed by atoms with E-state index < -0.39 is 11.4 Å². The van der Waals surface area contributed by atoms with E-state index in [1.54, 1.807) is 4.90 Å². The van der Waals surface area contributed by atoms with Gasteiger partial charge < -0.3 is 14.9 Å². The minimum Gasteiger partial charge on any atom is -0.481 e. The van der Waals surface area contributed by atoms with E-state index in [1.165, 1.54) is 0 Å². The number of thioether (sulfide) groups is 1. The first-order valence-electron chi connectivity index (χ1n) is 7.69. The summed E-state index contributed by atoms with van der Waals surface area (Å²) in [5.74, 6) is -0.744. The number of nitrogens with zero attached hydrogens (tertiary/aromatic N) is 2. The van der Waals surface area contributed by atoms with Gasteiger partial charge in [0, 0.05) is 36.7 Å². The lowest BCUT2D eigenvalue weighted by molar-refractivity contribution is -0.150. The first-order chi connectivity index (χ1) is 9.76. The summed E-state index contributed by atoms with van der Waals surface area (Å²) >= 11 is 1.91. The molecule has 0 bridgehead atoms. The standard InChI is InChI=1S/C15H26N2O3S/c1-10(2)15(13(18)19)5-6-16(9-15)14(20)17-7-11(3)21-12(4)8-17/h10-12H,5-9H2,1-4H3,(H,18,19). The Morgan fingerprint density at radius 2 is 1.76 bits per heavy atom. The van der Waals surface area contributed by atoms with Gasteiger partial charge in [-0.2, -0.15) is 11.8 Å². The van der Waals surface area contributed by atoms with Crippen LogP contribution in [0.3, 0.4) is 0 Å². The van der Waals surface area contributed by atoms with Crippen LogP contribution >= 0.6 is 11.8 Å². The fourth-order valence-corrected chi connectivity index (χ4v) is 4.75. The van der Waals surface area contributed by atoms with Gasteiger partial charge >= 0.3 is 12.0 Å². The zero-order valence-corrected chi connectivity index (χ0v) is 14.2. The summed E-state index contributed by atoms with van der Waals surface area (Å²) in [6.45, 7) is 10.5. The molecule has 2 fully saturated rings. The highest BCUT2D eigenvalue weighted by molar-refractivity contribution is 8.00. The number of carboxylic acids is 1. The van der Waals surface area contributed by atoms with Crippen molar-refractivity contribution in [3.8, 4) is 0 Å². The molecule has 2 rings (SSSR count). The van der Waals surface area contributed by atoms with Crippen molar-refractivity contribution in [1.82, 2.24) is 9.80 Å². The molecule has 120 valence electrons. The van der Waals surface area contributed by atoms with Gasteiger partial charge in [0.2, 0.25) is 0 Å². The lowest BCUT2D eigenvalue weighted by atomic mass is 9.76. The zero-order chi connectivity index (χ0) is 15.8. The molecule has 3 unspecified atom stereocenters. The van der Waals surface area contributed by atoms with Crippen LogP contribution < -0.4 is 0 Å². The van der Waals surface area contributed by atoms with Gasteiger partial charge in [0.25, 0.3) is 0 Å². The molecule has 2 saturated heterocycles. The van der Waals surface area contributed by atoms with Crippen molar-refractivity contribution in [2.75, 3.05) is 26.2 Å². The van der Waals surface area contributed by atoms with E-state index in [0.29, 0.717) is 30.0 Å². The Hall–Kier alpha value is -0.910. The third kappa shape index (κ3) is 3.15. The number of carbonyl (C=O) groups excluding carboxylic acids is 1. The van der Waals surface area contributed by atoms with Gasteiger partial charge in [0.15, 0.2) is 0 Å². The van der Waals surface area contributed by atoms with Crippen molar-refractivity contribution in [3.05, 3.63) is 0 Å². The van der Waals surface area contributed by atoms with E-state index in [-0.39, 0.29) is 11.9 Å². The molecule has 0 saturated carbocycles. The molecule has 5 nitrogen and oxygen atoms in total. The molecule has 0 spiro atoms. The smallest absolute Gasteiger partial charge is 0.320 e. The molecule has 21 heavy (non-hydrogen) atoms. The SMILES string of the molecule is CC1CN(C(=O)N2CCC(C(=O)O)(C(C)C)C2)CC(C)S1. The summed E-state index contributed by atoms with van der Waals surface area (Å²) in [6, 6.07) is 0.0118. The first-order valence-corrected chi connectivity index (χ1v) is 8.63. The number of urea groups is 1. The Bertz CT molecular complexity index is 419. The topological polar surface area (TPSA) is 60.9 Å². The second-order valence-electron chi connectivity index (χ2n) is 6.73. The average Bonchev–Trinajstić information content (AvgIpc) is 2.83. The summed E-state index contributed by atoms with van der Waals surface area (Å²) in [5, 5.41) is 10.5. The third-order valence-corrected chi connectivity index (χ3v) is 6.02. The van der Waals surface area contributed by atoms with Gasteiger partial charge in [-0.1, -0.05) is 27.7 Å². The fraction of sp³-hybridized carbons (Fsp3) is 0.867. The van der Waals surface area contributed by atoms with Crippen molar-refractivity contribution in [1.29, 1.82) is 0 Å². The van der Waals surface area contributed by atoms with Crippen LogP contribution in [0.25, 0.3) is 0 Å². The molecule has 6 heteroatoms. The fourth-order valence-electron chi connectivity index (χ4n) is 3.42. The summed E-state index contributed by atoms with van der Waals surface area (Å²) in [6.07, 6.45) is 0.555.